The maximum absolute atomic E-state index is 12.7. The first-order valence-corrected chi connectivity index (χ1v) is 11.8. The molecule has 174 valence electrons. The molecule has 0 amide bonds. The van der Waals surface area contributed by atoms with Gasteiger partial charge >= 0.3 is 11.9 Å². The molecule has 1 N–H and O–H groups in total. The molecule has 2 heterocycles. The van der Waals surface area contributed by atoms with Crippen molar-refractivity contribution < 1.29 is 19.1 Å². The molecule has 1 aliphatic rings. The van der Waals surface area contributed by atoms with Crippen molar-refractivity contribution in [3.05, 3.63) is 87.0 Å². The number of methoxy groups -OCH3 is 2. The number of benzene rings is 2. The van der Waals surface area contributed by atoms with E-state index < -0.39 is 17.9 Å². The molecule has 0 bridgehead atoms. The number of halogens is 1. The van der Waals surface area contributed by atoms with Gasteiger partial charge in [-0.3, -0.25) is 0 Å². The molecule has 0 atom stereocenters. The molecule has 6 nitrogen and oxygen atoms in total. The lowest BCUT2D eigenvalue weighted by atomic mass is 9.80. The second-order valence-electron chi connectivity index (χ2n) is 7.79. The third kappa shape index (κ3) is 4.49. The molecule has 8 heteroatoms. The topological polar surface area (TPSA) is 77.5 Å². The van der Waals surface area contributed by atoms with E-state index in [4.69, 9.17) is 26.1 Å². The molecular weight excluding hydrogens is 472 g/mol. The Kier molecular flexibility index (Phi) is 6.86. The maximum atomic E-state index is 12.7. The van der Waals surface area contributed by atoms with Crippen molar-refractivity contribution in [2.24, 2.45) is 0 Å². The first kappa shape index (κ1) is 23.7. The molecule has 1 aromatic heterocycles. The van der Waals surface area contributed by atoms with Crippen molar-refractivity contribution in [1.82, 2.24) is 10.3 Å². The molecule has 1 aliphatic heterocycles. The Morgan fingerprint density at radius 3 is 2.15 bits per heavy atom. The van der Waals surface area contributed by atoms with Gasteiger partial charge in [-0.15, -0.1) is 11.3 Å². The van der Waals surface area contributed by atoms with Crippen molar-refractivity contribution in [1.29, 1.82) is 0 Å². The molecule has 0 saturated carbocycles. The van der Waals surface area contributed by atoms with E-state index in [9.17, 15) is 9.59 Å². The van der Waals surface area contributed by atoms with E-state index in [2.05, 4.69) is 5.32 Å². The highest BCUT2D eigenvalue weighted by Crippen LogP contribution is 2.40. The first-order chi connectivity index (χ1) is 16.3. The van der Waals surface area contributed by atoms with Gasteiger partial charge in [-0.1, -0.05) is 41.9 Å². The molecule has 3 aromatic rings. The molecule has 34 heavy (non-hydrogen) atoms. The number of ether oxygens (including phenoxy) is 2. The smallest absolute Gasteiger partial charge is 0.336 e. The predicted molar refractivity (Wildman–Crippen MR) is 133 cm³/mol. The van der Waals surface area contributed by atoms with E-state index >= 15 is 0 Å². The van der Waals surface area contributed by atoms with Crippen LogP contribution in [0.15, 0.2) is 76.5 Å². The van der Waals surface area contributed by atoms with Crippen LogP contribution >= 0.6 is 22.9 Å². The SMILES string of the molecule is COC(=O)C1=C(C)NC(C)=C(C(=O)OC)C1c1cccc(-c2nc(-c3ccc(Cl)cc3)cs2)c1. The molecule has 0 unspecified atom stereocenters. The van der Waals surface area contributed by atoms with E-state index in [1.807, 2.05) is 53.9 Å². The van der Waals surface area contributed by atoms with Gasteiger partial charge in [0.25, 0.3) is 0 Å². The van der Waals surface area contributed by atoms with Crippen molar-refractivity contribution in [3.8, 4) is 21.8 Å². The quantitative estimate of drug-likeness (QED) is 0.458. The predicted octanol–water partition coefficient (Wildman–Crippen LogP) is 5.71. The molecule has 0 fully saturated rings. The minimum Gasteiger partial charge on any atom is -0.466 e. The van der Waals surface area contributed by atoms with E-state index in [0.29, 0.717) is 27.6 Å². The fraction of sp³-hybridized carbons (Fsp3) is 0.192. The van der Waals surface area contributed by atoms with E-state index in [1.165, 1.54) is 25.6 Å². The van der Waals surface area contributed by atoms with Gasteiger partial charge in [0.1, 0.15) is 5.01 Å². The first-order valence-electron chi connectivity index (χ1n) is 10.5. The summed E-state index contributed by atoms with van der Waals surface area (Å²) in [6.07, 6.45) is 0. The zero-order chi connectivity index (χ0) is 24.4. The van der Waals surface area contributed by atoms with Gasteiger partial charge in [0.15, 0.2) is 0 Å². The van der Waals surface area contributed by atoms with Crippen molar-refractivity contribution in [2.75, 3.05) is 14.2 Å². The second kappa shape index (κ2) is 9.83. The molecule has 0 spiro atoms. The number of carbonyl (C=O) groups is 2. The normalized spacial score (nSPS) is 14.1. The van der Waals surface area contributed by atoms with Gasteiger partial charge in [0.2, 0.25) is 0 Å². The van der Waals surface area contributed by atoms with Crippen LogP contribution in [0.3, 0.4) is 0 Å². The van der Waals surface area contributed by atoms with Crippen LogP contribution in [0.5, 0.6) is 0 Å². The van der Waals surface area contributed by atoms with Gasteiger partial charge in [0, 0.05) is 32.9 Å². The van der Waals surface area contributed by atoms with E-state index in [1.54, 1.807) is 13.8 Å². The average molecular weight is 495 g/mol. The number of hydrogen-bond acceptors (Lipinski definition) is 7. The zero-order valence-electron chi connectivity index (χ0n) is 19.1. The summed E-state index contributed by atoms with van der Waals surface area (Å²) >= 11 is 7.52. The van der Waals surface area contributed by atoms with Crippen LogP contribution in [-0.4, -0.2) is 31.1 Å². The third-order valence-electron chi connectivity index (χ3n) is 5.68. The highest BCUT2D eigenvalue weighted by Gasteiger charge is 2.37. The average Bonchev–Trinajstić information content (AvgIpc) is 3.33. The summed E-state index contributed by atoms with van der Waals surface area (Å²) in [5, 5.41) is 6.60. The summed E-state index contributed by atoms with van der Waals surface area (Å²) in [5.41, 5.74) is 5.46. The molecule has 4 rings (SSSR count). The van der Waals surface area contributed by atoms with E-state index in [0.717, 1.165) is 27.4 Å². The largest absolute Gasteiger partial charge is 0.466 e. The fourth-order valence-electron chi connectivity index (χ4n) is 4.10. The Hall–Kier alpha value is -3.42. The molecule has 0 radical (unpaired) electrons. The van der Waals surface area contributed by atoms with Crippen LogP contribution in [0.4, 0.5) is 0 Å². The summed E-state index contributed by atoms with van der Waals surface area (Å²) in [6, 6.07) is 15.2. The number of nitrogens with one attached hydrogen (secondary N) is 1. The van der Waals surface area contributed by atoms with Gasteiger partial charge < -0.3 is 14.8 Å². The fourth-order valence-corrected chi connectivity index (χ4v) is 5.05. The Balaban J connectivity index is 1.79. The van der Waals surface area contributed by atoms with E-state index in [-0.39, 0.29) is 0 Å². The van der Waals surface area contributed by atoms with Crippen LogP contribution in [0.2, 0.25) is 5.02 Å². The lowest BCUT2D eigenvalue weighted by Gasteiger charge is -2.30. The summed E-state index contributed by atoms with van der Waals surface area (Å²) in [6.45, 7) is 3.58. The Labute approximate surface area is 206 Å². The van der Waals surface area contributed by atoms with Gasteiger partial charge in [-0.2, -0.15) is 0 Å². The number of esters is 2. The van der Waals surface area contributed by atoms with Gasteiger partial charge in [0.05, 0.1) is 37.0 Å². The monoisotopic (exact) mass is 494 g/mol. The summed E-state index contributed by atoms with van der Waals surface area (Å²) in [4.78, 5) is 30.3. The number of hydrogen-bond donors (Lipinski definition) is 1. The number of allylic oxidation sites excluding steroid dienone is 2. The van der Waals surface area contributed by atoms with Crippen molar-refractivity contribution >= 4 is 34.9 Å². The lowest BCUT2D eigenvalue weighted by Crippen LogP contribution is -2.32. The van der Waals surface area contributed by atoms with Crippen molar-refractivity contribution in [2.45, 2.75) is 19.8 Å². The van der Waals surface area contributed by atoms with Gasteiger partial charge in [-0.25, -0.2) is 14.6 Å². The van der Waals surface area contributed by atoms with Crippen LogP contribution in [0.25, 0.3) is 21.8 Å². The Morgan fingerprint density at radius 2 is 1.56 bits per heavy atom. The lowest BCUT2D eigenvalue weighted by molar-refractivity contribution is -0.137. The summed E-state index contributed by atoms with van der Waals surface area (Å²) < 4.78 is 10.1. The van der Waals surface area contributed by atoms with Crippen LogP contribution in [0, 0.1) is 0 Å². The minimum absolute atomic E-state index is 0.367. The van der Waals surface area contributed by atoms with Gasteiger partial charge in [-0.05, 0) is 37.6 Å². The number of nitrogens with zero attached hydrogens (tertiary/aromatic N) is 1. The number of rotatable bonds is 5. The maximum Gasteiger partial charge on any atom is 0.336 e. The Morgan fingerprint density at radius 1 is 0.941 bits per heavy atom. The minimum atomic E-state index is -0.642. The summed E-state index contributed by atoms with van der Waals surface area (Å²) in [5.74, 6) is -1.65. The molecule has 0 aliphatic carbocycles. The van der Waals surface area contributed by atoms with Crippen LogP contribution < -0.4 is 5.32 Å². The Bertz CT molecular complexity index is 1290. The number of dihydropyridines is 1. The molecular formula is C26H23ClN2O4S. The molecule has 0 saturated heterocycles. The number of aromatic nitrogens is 1. The summed E-state index contributed by atoms with van der Waals surface area (Å²) in [7, 11) is 2.65. The standard InChI is InChI=1S/C26H23ClN2O4S/c1-14-21(25(30)32-3)23(22(15(2)28-14)26(31)33-4)17-6-5-7-18(12-17)24-29-20(13-34-24)16-8-10-19(27)11-9-16/h5-13,23,28H,1-4H3. The third-order valence-corrected chi connectivity index (χ3v) is 6.83. The second-order valence-corrected chi connectivity index (χ2v) is 9.08. The van der Waals surface area contributed by atoms with Crippen molar-refractivity contribution in [3.63, 3.8) is 0 Å². The highest BCUT2D eigenvalue weighted by molar-refractivity contribution is 7.13. The van der Waals surface area contributed by atoms with Crippen LogP contribution in [0.1, 0.15) is 25.3 Å². The van der Waals surface area contributed by atoms with Crippen LogP contribution in [-0.2, 0) is 19.1 Å². The number of thiazole rings is 1. The zero-order valence-corrected chi connectivity index (χ0v) is 20.7. The number of carbonyl (C=O) groups excluding carboxylic acids is 2. The molecule has 2 aromatic carbocycles. The highest BCUT2D eigenvalue weighted by atomic mass is 35.5.